The van der Waals surface area contributed by atoms with Gasteiger partial charge in [-0.2, -0.15) is 5.06 Å². The second-order valence-corrected chi connectivity index (χ2v) is 7.34. The van der Waals surface area contributed by atoms with Crippen LogP contribution in [0.25, 0.3) is 0 Å². The Balaban J connectivity index is 2.14. The molecule has 0 radical (unpaired) electrons. The van der Waals surface area contributed by atoms with Crippen molar-refractivity contribution in [2.45, 2.75) is 95.6 Å². The van der Waals surface area contributed by atoms with E-state index in [2.05, 4.69) is 13.8 Å². The molecular formula is C15H29NO3. The van der Waals surface area contributed by atoms with Gasteiger partial charge < -0.3 is 10.2 Å². The van der Waals surface area contributed by atoms with Crippen LogP contribution in [-0.2, 0) is 4.84 Å². The molecule has 2 fully saturated rings. The molecule has 2 unspecified atom stereocenters. The van der Waals surface area contributed by atoms with Crippen molar-refractivity contribution in [3.8, 4) is 0 Å². The van der Waals surface area contributed by atoms with Crippen LogP contribution in [0.2, 0.25) is 0 Å². The molecule has 0 spiro atoms. The molecule has 1 saturated heterocycles. The monoisotopic (exact) mass is 271 g/mol. The molecule has 0 aromatic rings. The minimum Gasteiger partial charge on any atom is -0.390 e. The maximum absolute atomic E-state index is 10.3. The molecule has 0 aromatic heterocycles. The van der Waals surface area contributed by atoms with Gasteiger partial charge in [0.15, 0.2) is 0 Å². The van der Waals surface area contributed by atoms with Gasteiger partial charge in [-0.1, -0.05) is 19.3 Å². The fourth-order valence-electron chi connectivity index (χ4n) is 3.68. The average Bonchev–Trinajstić information content (AvgIpc) is 2.34. The Morgan fingerprint density at radius 1 is 1.00 bits per heavy atom. The van der Waals surface area contributed by atoms with Crippen LogP contribution in [-0.4, -0.2) is 44.7 Å². The summed E-state index contributed by atoms with van der Waals surface area (Å²) >= 11 is 0. The fraction of sp³-hybridized carbons (Fsp3) is 1.00. The number of aliphatic hydroxyl groups excluding tert-OH is 2. The van der Waals surface area contributed by atoms with Gasteiger partial charge in [0.1, 0.15) is 6.10 Å². The molecule has 2 N–H and O–H groups in total. The summed E-state index contributed by atoms with van der Waals surface area (Å²) < 4.78 is 0. The smallest absolute Gasteiger partial charge is 0.100 e. The van der Waals surface area contributed by atoms with E-state index in [0.29, 0.717) is 6.42 Å². The van der Waals surface area contributed by atoms with E-state index in [1.54, 1.807) is 0 Å². The van der Waals surface area contributed by atoms with E-state index >= 15 is 0 Å². The highest BCUT2D eigenvalue weighted by atomic mass is 16.7. The van der Waals surface area contributed by atoms with Gasteiger partial charge in [-0.25, -0.2) is 0 Å². The summed E-state index contributed by atoms with van der Waals surface area (Å²) in [6, 6.07) is 0. The van der Waals surface area contributed by atoms with Gasteiger partial charge in [-0.05, 0) is 47.0 Å². The van der Waals surface area contributed by atoms with Gasteiger partial charge in [-0.3, -0.25) is 4.84 Å². The zero-order valence-corrected chi connectivity index (χ0v) is 12.7. The quantitative estimate of drug-likeness (QED) is 0.809. The predicted molar refractivity (Wildman–Crippen MR) is 74.6 cm³/mol. The lowest BCUT2D eigenvalue weighted by Crippen LogP contribution is -2.69. The van der Waals surface area contributed by atoms with E-state index in [9.17, 15) is 10.2 Å². The summed E-state index contributed by atoms with van der Waals surface area (Å²) in [5.74, 6) is 0. The maximum atomic E-state index is 10.3. The summed E-state index contributed by atoms with van der Waals surface area (Å²) in [5, 5.41) is 22.3. The van der Waals surface area contributed by atoms with Crippen LogP contribution >= 0.6 is 0 Å². The van der Waals surface area contributed by atoms with Crippen molar-refractivity contribution in [2.75, 3.05) is 0 Å². The first-order valence-corrected chi connectivity index (χ1v) is 7.58. The van der Waals surface area contributed by atoms with Crippen LogP contribution in [0.15, 0.2) is 0 Å². The second kappa shape index (κ2) is 5.32. The molecule has 1 saturated carbocycles. The van der Waals surface area contributed by atoms with Gasteiger partial charge in [0.05, 0.1) is 17.7 Å². The highest BCUT2D eigenvalue weighted by Gasteiger charge is 2.52. The lowest BCUT2D eigenvalue weighted by molar-refractivity contribution is -0.339. The zero-order chi connectivity index (χ0) is 14.3. The van der Waals surface area contributed by atoms with Crippen LogP contribution in [0, 0.1) is 0 Å². The molecule has 1 aliphatic carbocycles. The van der Waals surface area contributed by atoms with Crippen molar-refractivity contribution < 1.29 is 15.1 Å². The van der Waals surface area contributed by atoms with Crippen LogP contribution in [0.5, 0.6) is 0 Å². The molecule has 1 heterocycles. The summed E-state index contributed by atoms with van der Waals surface area (Å²) in [6.45, 7) is 8.05. The first-order chi connectivity index (χ1) is 8.75. The lowest BCUT2D eigenvalue weighted by atomic mass is 9.78. The van der Waals surface area contributed by atoms with Gasteiger partial charge in [0.25, 0.3) is 0 Å². The summed E-state index contributed by atoms with van der Waals surface area (Å²) in [5.41, 5.74) is -0.835. The first kappa shape index (κ1) is 15.2. The number of hydroxylamine groups is 2. The van der Waals surface area contributed by atoms with Crippen LogP contribution < -0.4 is 0 Å². The zero-order valence-electron chi connectivity index (χ0n) is 12.7. The molecule has 2 atom stereocenters. The summed E-state index contributed by atoms with van der Waals surface area (Å²) in [6.07, 6.45) is 5.28. The van der Waals surface area contributed by atoms with E-state index in [1.165, 1.54) is 19.3 Å². The van der Waals surface area contributed by atoms with Crippen molar-refractivity contribution >= 4 is 0 Å². The largest absolute Gasteiger partial charge is 0.390 e. The lowest BCUT2D eigenvalue weighted by Gasteiger charge is -2.56. The van der Waals surface area contributed by atoms with Crippen molar-refractivity contribution in [1.82, 2.24) is 5.06 Å². The SMILES string of the molecule is CC1(C)CC(O)C(O)C(C)(C)N1OC1CCCCC1. The third kappa shape index (κ3) is 2.97. The van der Waals surface area contributed by atoms with Crippen LogP contribution in [0.1, 0.15) is 66.2 Å². The van der Waals surface area contributed by atoms with Crippen molar-refractivity contribution in [3.63, 3.8) is 0 Å². The number of hydrogen-bond acceptors (Lipinski definition) is 4. The Bertz CT molecular complexity index is 311. The molecule has 2 rings (SSSR count). The van der Waals surface area contributed by atoms with Gasteiger partial charge in [0, 0.05) is 5.54 Å². The van der Waals surface area contributed by atoms with Gasteiger partial charge >= 0.3 is 0 Å². The number of rotatable bonds is 2. The molecule has 0 bridgehead atoms. The number of aliphatic hydroxyl groups is 2. The summed E-state index contributed by atoms with van der Waals surface area (Å²) in [7, 11) is 0. The molecule has 0 amide bonds. The Hall–Kier alpha value is -0.160. The van der Waals surface area contributed by atoms with E-state index in [1.807, 2.05) is 18.9 Å². The Morgan fingerprint density at radius 3 is 2.16 bits per heavy atom. The molecule has 2 aliphatic rings. The standard InChI is InChI=1S/C15H29NO3/c1-14(2)10-12(17)13(18)15(3,4)16(14)19-11-8-6-5-7-9-11/h11-13,17-18H,5-10H2,1-4H3. The molecule has 4 heteroatoms. The van der Waals surface area contributed by atoms with E-state index in [4.69, 9.17) is 4.84 Å². The van der Waals surface area contributed by atoms with Crippen molar-refractivity contribution in [1.29, 1.82) is 0 Å². The topological polar surface area (TPSA) is 52.9 Å². The summed E-state index contributed by atoms with van der Waals surface area (Å²) in [4.78, 5) is 6.24. The molecule has 0 aromatic carbocycles. The number of hydrogen-bond donors (Lipinski definition) is 2. The second-order valence-electron chi connectivity index (χ2n) is 7.34. The van der Waals surface area contributed by atoms with E-state index in [0.717, 1.165) is 12.8 Å². The number of nitrogens with zero attached hydrogens (tertiary/aromatic N) is 1. The maximum Gasteiger partial charge on any atom is 0.100 e. The minimum atomic E-state index is -0.774. The molecular weight excluding hydrogens is 242 g/mol. The van der Waals surface area contributed by atoms with E-state index < -0.39 is 17.7 Å². The van der Waals surface area contributed by atoms with Gasteiger partial charge in [0.2, 0.25) is 0 Å². The predicted octanol–water partition coefficient (Wildman–Crippen LogP) is 2.24. The van der Waals surface area contributed by atoms with Crippen molar-refractivity contribution in [2.24, 2.45) is 0 Å². The third-order valence-electron chi connectivity index (χ3n) is 4.68. The Morgan fingerprint density at radius 2 is 1.58 bits per heavy atom. The Labute approximate surface area is 116 Å². The fourth-order valence-corrected chi connectivity index (χ4v) is 3.68. The minimum absolute atomic E-state index is 0.259. The third-order valence-corrected chi connectivity index (χ3v) is 4.68. The van der Waals surface area contributed by atoms with Gasteiger partial charge in [-0.15, -0.1) is 0 Å². The average molecular weight is 271 g/mol. The highest BCUT2D eigenvalue weighted by Crippen LogP contribution is 2.40. The molecule has 1 aliphatic heterocycles. The van der Waals surface area contributed by atoms with Crippen molar-refractivity contribution in [3.05, 3.63) is 0 Å². The number of piperidine rings is 1. The van der Waals surface area contributed by atoms with E-state index in [-0.39, 0.29) is 11.6 Å². The molecule has 19 heavy (non-hydrogen) atoms. The molecule has 4 nitrogen and oxygen atoms in total. The highest BCUT2D eigenvalue weighted by molar-refractivity contribution is 5.02. The van der Waals surface area contributed by atoms with Crippen LogP contribution in [0.4, 0.5) is 0 Å². The first-order valence-electron chi connectivity index (χ1n) is 7.58. The van der Waals surface area contributed by atoms with Crippen LogP contribution in [0.3, 0.4) is 0 Å². The molecule has 112 valence electrons. The Kier molecular flexibility index (Phi) is 4.26. The normalized spacial score (nSPS) is 36.3.